The lowest BCUT2D eigenvalue weighted by Crippen LogP contribution is -2.49. The van der Waals surface area contributed by atoms with Crippen LogP contribution in [0.5, 0.6) is 0 Å². The number of pyridine rings is 1. The molecule has 138 valence electrons. The van der Waals surface area contributed by atoms with Crippen molar-refractivity contribution >= 4 is 11.8 Å². The topological polar surface area (TPSA) is 62.3 Å². The molecule has 2 heterocycles. The highest BCUT2D eigenvalue weighted by molar-refractivity contribution is 5.85. The van der Waals surface area contributed by atoms with Crippen LogP contribution in [0.2, 0.25) is 0 Å². The second-order valence-corrected chi connectivity index (χ2v) is 6.16. The summed E-state index contributed by atoms with van der Waals surface area (Å²) in [6.07, 6.45) is -3.77. The number of nitrogens with zero attached hydrogens (tertiary/aromatic N) is 2. The fraction of sp³-hybridized carbons (Fsp3) is 0.562. The lowest BCUT2D eigenvalue weighted by atomic mass is 9.97. The summed E-state index contributed by atoms with van der Waals surface area (Å²) in [7, 11) is 0. The number of hydrogen-bond acceptors (Lipinski definition) is 3. The molecule has 9 heteroatoms. The molecule has 1 aromatic rings. The zero-order valence-corrected chi connectivity index (χ0v) is 13.6. The molecule has 0 saturated carbocycles. The number of hydrogen-bond donors (Lipinski definition) is 1. The van der Waals surface area contributed by atoms with E-state index in [9.17, 15) is 27.2 Å². The van der Waals surface area contributed by atoms with E-state index >= 15 is 0 Å². The smallest absolute Gasteiger partial charge is 0.354 e. The van der Waals surface area contributed by atoms with Crippen LogP contribution in [-0.2, 0) is 9.59 Å². The summed E-state index contributed by atoms with van der Waals surface area (Å²) in [5.41, 5.74) is 0.577. The number of carbonyl (C=O) groups excluding carboxylic acids is 2. The minimum Gasteiger partial charge on any atom is -0.354 e. The molecule has 1 aliphatic rings. The van der Waals surface area contributed by atoms with Gasteiger partial charge in [0.1, 0.15) is 5.82 Å². The second kappa shape index (κ2) is 7.79. The van der Waals surface area contributed by atoms with Crippen molar-refractivity contribution in [2.75, 3.05) is 19.6 Å². The van der Waals surface area contributed by atoms with Gasteiger partial charge in [0.15, 0.2) is 0 Å². The number of nitrogens with one attached hydrogen (secondary N) is 1. The van der Waals surface area contributed by atoms with Crippen LogP contribution in [0.3, 0.4) is 0 Å². The first-order valence-electron chi connectivity index (χ1n) is 7.89. The van der Waals surface area contributed by atoms with Crippen molar-refractivity contribution in [3.8, 4) is 0 Å². The maximum Gasteiger partial charge on any atom is 0.393 e. The van der Waals surface area contributed by atoms with Gasteiger partial charge in [0, 0.05) is 31.1 Å². The molecule has 1 aliphatic heterocycles. The Kier molecular flexibility index (Phi) is 5.97. The highest BCUT2D eigenvalue weighted by Crippen LogP contribution is 2.33. The highest BCUT2D eigenvalue weighted by Gasteiger charge is 2.43. The van der Waals surface area contributed by atoms with E-state index in [0.717, 1.165) is 11.1 Å². The average Bonchev–Trinajstić information content (AvgIpc) is 2.54. The number of alkyl halides is 3. The Labute approximate surface area is 142 Å². The van der Waals surface area contributed by atoms with Crippen LogP contribution in [0.15, 0.2) is 18.3 Å². The zero-order valence-electron chi connectivity index (χ0n) is 13.6. The predicted molar refractivity (Wildman–Crippen MR) is 81.0 cm³/mol. The third kappa shape index (κ3) is 5.40. The lowest BCUT2D eigenvalue weighted by Gasteiger charge is -2.33. The Morgan fingerprint density at radius 3 is 2.76 bits per heavy atom. The molecule has 0 bridgehead atoms. The fourth-order valence-electron chi connectivity index (χ4n) is 2.61. The van der Waals surface area contributed by atoms with Gasteiger partial charge < -0.3 is 10.2 Å². The number of rotatable bonds is 5. The van der Waals surface area contributed by atoms with E-state index in [1.165, 1.54) is 12.1 Å². The maximum absolute atomic E-state index is 12.8. The highest BCUT2D eigenvalue weighted by atomic mass is 19.4. The standard InChI is InChI=1S/C16H19F4N3O2/c1-10(13-4-3-12(17)7-21-13)6-22-14(24)9-23-8-11(16(18,19)20)2-5-15(23)25/h3-4,7,10-11H,2,5-6,8-9H2,1H3,(H,22,24). The van der Waals surface area contributed by atoms with Crippen LogP contribution < -0.4 is 5.32 Å². The minimum absolute atomic E-state index is 0.183. The van der Waals surface area contributed by atoms with Crippen molar-refractivity contribution in [3.05, 3.63) is 29.8 Å². The minimum atomic E-state index is -4.38. The summed E-state index contributed by atoms with van der Waals surface area (Å²) in [6, 6.07) is 2.75. The number of amides is 2. The molecule has 1 saturated heterocycles. The third-order valence-electron chi connectivity index (χ3n) is 4.16. The first kappa shape index (κ1) is 19.1. The fourth-order valence-corrected chi connectivity index (χ4v) is 2.61. The molecule has 0 aliphatic carbocycles. The number of piperidine rings is 1. The molecule has 25 heavy (non-hydrogen) atoms. The van der Waals surface area contributed by atoms with Crippen molar-refractivity contribution in [2.24, 2.45) is 5.92 Å². The van der Waals surface area contributed by atoms with Crippen LogP contribution >= 0.6 is 0 Å². The molecule has 2 amide bonds. The van der Waals surface area contributed by atoms with Gasteiger partial charge in [0.2, 0.25) is 11.8 Å². The van der Waals surface area contributed by atoms with E-state index in [0.29, 0.717) is 5.69 Å². The van der Waals surface area contributed by atoms with Crippen molar-refractivity contribution in [3.63, 3.8) is 0 Å². The first-order valence-corrected chi connectivity index (χ1v) is 7.89. The molecule has 0 aromatic carbocycles. The second-order valence-electron chi connectivity index (χ2n) is 6.16. The number of carbonyl (C=O) groups is 2. The Morgan fingerprint density at radius 2 is 2.16 bits per heavy atom. The van der Waals surface area contributed by atoms with Gasteiger partial charge >= 0.3 is 6.18 Å². The van der Waals surface area contributed by atoms with Crippen molar-refractivity contribution in [1.82, 2.24) is 15.2 Å². The summed E-state index contributed by atoms with van der Waals surface area (Å²) in [5, 5.41) is 2.57. The van der Waals surface area contributed by atoms with Gasteiger partial charge in [-0.2, -0.15) is 13.2 Å². The largest absolute Gasteiger partial charge is 0.393 e. The van der Waals surface area contributed by atoms with Gasteiger partial charge in [-0.05, 0) is 18.6 Å². The molecule has 2 unspecified atom stereocenters. The van der Waals surface area contributed by atoms with E-state index in [2.05, 4.69) is 10.3 Å². The third-order valence-corrected chi connectivity index (χ3v) is 4.16. The lowest BCUT2D eigenvalue weighted by molar-refractivity contribution is -0.189. The Balaban J connectivity index is 1.84. The molecule has 0 spiro atoms. The summed E-state index contributed by atoms with van der Waals surface area (Å²) < 4.78 is 51.2. The van der Waals surface area contributed by atoms with Gasteiger partial charge in [0.25, 0.3) is 0 Å². The number of likely N-dealkylation sites (tertiary alicyclic amines) is 1. The van der Waals surface area contributed by atoms with E-state index < -0.39 is 42.8 Å². The van der Waals surface area contributed by atoms with Gasteiger partial charge in [-0.3, -0.25) is 14.6 Å². The first-order chi connectivity index (χ1) is 11.7. The van der Waals surface area contributed by atoms with E-state index in [-0.39, 0.29) is 25.3 Å². The van der Waals surface area contributed by atoms with Crippen LogP contribution in [0.1, 0.15) is 31.4 Å². The van der Waals surface area contributed by atoms with Crippen molar-refractivity contribution in [1.29, 1.82) is 0 Å². The molecular weight excluding hydrogens is 342 g/mol. The van der Waals surface area contributed by atoms with Crippen LogP contribution in [0, 0.1) is 11.7 Å². The molecule has 1 aromatic heterocycles. The number of halogens is 4. The molecule has 2 rings (SSSR count). The maximum atomic E-state index is 12.8. The van der Waals surface area contributed by atoms with E-state index in [1.807, 2.05) is 0 Å². The molecular formula is C16H19F4N3O2. The van der Waals surface area contributed by atoms with Gasteiger partial charge in [-0.1, -0.05) is 6.92 Å². The summed E-state index contributed by atoms with van der Waals surface area (Å²) in [6.45, 7) is 1.05. The SMILES string of the molecule is CC(CNC(=O)CN1CC(C(F)(F)F)CCC1=O)c1ccc(F)cn1. The van der Waals surface area contributed by atoms with Crippen LogP contribution in [-0.4, -0.2) is 47.5 Å². The van der Waals surface area contributed by atoms with Crippen molar-refractivity contribution in [2.45, 2.75) is 31.9 Å². The van der Waals surface area contributed by atoms with Gasteiger partial charge in [0.05, 0.1) is 18.7 Å². The Hall–Kier alpha value is -2.19. The number of aromatic nitrogens is 1. The molecule has 1 N–H and O–H groups in total. The monoisotopic (exact) mass is 361 g/mol. The molecule has 0 radical (unpaired) electrons. The summed E-state index contributed by atoms with van der Waals surface area (Å²) in [5.74, 6) is -3.26. The van der Waals surface area contributed by atoms with Gasteiger partial charge in [-0.15, -0.1) is 0 Å². The van der Waals surface area contributed by atoms with E-state index in [4.69, 9.17) is 0 Å². The van der Waals surface area contributed by atoms with E-state index in [1.54, 1.807) is 6.92 Å². The molecule has 1 fully saturated rings. The zero-order chi connectivity index (χ0) is 18.6. The Morgan fingerprint density at radius 1 is 1.44 bits per heavy atom. The quantitative estimate of drug-likeness (QED) is 0.819. The Bertz CT molecular complexity index is 619. The predicted octanol–water partition coefficient (Wildman–Crippen LogP) is 2.24. The van der Waals surface area contributed by atoms with Crippen LogP contribution in [0.4, 0.5) is 17.6 Å². The molecule has 2 atom stereocenters. The average molecular weight is 361 g/mol. The van der Waals surface area contributed by atoms with Crippen LogP contribution in [0.25, 0.3) is 0 Å². The summed E-state index contributed by atoms with van der Waals surface area (Å²) >= 11 is 0. The normalized spacial score (nSPS) is 19.6. The summed E-state index contributed by atoms with van der Waals surface area (Å²) in [4.78, 5) is 28.5. The molecule has 5 nitrogen and oxygen atoms in total. The van der Waals surface area contributed by atoms with Gasteiger partial charge in [-0.25, -0.2) is 4.39 Å². The van der Waals surface area contributed by atoms with Crippen molar-refractivity contribution < 1.29 is 27.2 Å².